The van der Waals surface area contributed by atoms with E-state index in [1.807, 2.05) is 19.2 Å². The maximum absolute atomic E-state index is 5.01. The molecule has 1 rings (SSSR count). The van der Waals surface area contributed by atoms with Gasteiger partial charge in [-0.1, -0.05) is 12.2 Å². The number of nitrogens with zero attached hydrogens (tertiary/aromatic N) is 1. The average Bonchev–Trinajstić information content (AvgIpc) is 2.13. The predicted octanol–water partition coefficient (Wildman–Crippen LogP) is 1.90. The van der Waals surface area contributed by atoms with Crippen molar-refractivity contribution in [3.05, 3.63) is 23.6 Å². The van der Waals surface area contributed by atoms with Gasteiger partial charge >= 0.3 is 0 Å². The molecule has 0 atom stereocenters. The lowest BCUT2D eigenvalue weighted by Gasteiger charge is -1.99. The molecular formula is C8H11NO. The first-order valence-electron chi connectivity index (χ1n) is 3.28. The second-order valence-corrected chi connectivity index (χ2v) is 2.14. The van der Waals surface area contributed by atoms with Gasteiger partial charge in [-0.2, -0.15) is 0 Å². The Morgan fingerprint density at radius 1 is 1.60 bits per heavy atom. The van der Waals surface area contributed by atoms with Gasteiger partial charge in [-0.05, 0) is 6.92 Å². The molecule has 0 aromatic carbocycles. The molecule has 0 bridgehead atoms. The number of hydrogen-bond donors (Lipinski definition) is 0. The zero-order valence-electron chi connectivity index (χ0n) is 6.29. The molecule has 0 aromatic rings. The summed E-state index contributed by atoms with van der Waals surface area (Å²) < 4.78 is 5.01. The molecule has 0 unspecified atom stereocenters. The summed E-state index contributed by atoms with van der Waals surface area (Å²) in [5.74, 6) is 0.716. The van der Waals surface area contributed by atoms with Crippen LogP contribution in [0.3, 0.4) is 0 Å². The van der Waals surface area contributed by atoms with Crippen molar-refractivity contribution in [3.63, 3.8) is 0 Å². The summed E-state index contributed by atoms with van der Waals surface area (Å²) in [7, 11) is 1.63. The molecule has 0 saturated carbocycles. The summed E-state index contributed by atoms with van der Waals surface area (Å²) in [4.78, 5) is 4.09. The van der Waals surface area contributed by atoms with Crippen molar-refractivity contribution in [2.75, 3.05) is 7.11 Å². The third-order valence-corrected chi connectivity index (χ3v) is 1.35. The topological polar surface area (TPSA) is 21.6 Å². The minimum atomic E-state index is 0.716. The average molecular weight is 137 g/mol. The third-order valence-electron chi connectivity index (χ3n) is 1.35. The standard InChI is InChI=1S/C8H11NO/c1-7-5-3-4-6-9-8(7)10-2/h3,5-6H,4H2,1-2H3. The molecule has 0 fully saturated rings. The van der Waals surface area contributed by atoms with Gasteiger partial charge in [0.2, 0.25) is 5.88 Å². The fourth-order valence-corrected chi connectivity index (χ4v) is 0.828. The highest BCUT2D eigenvalue weighted by atomic mass is 16.5. The molecule has 54 valence electrons. The predicted molar refractivity (Wildman–Crippen MR) is 42.0 cm³/mol. The Labute approximate surface area is 60.9 Å². The van der Waals surface area contributed by atoms with Gasteiger partial charge in [0, 0.05) is 18.2 Å². The van der Waals surface area contributed by atoms with Crippen molar-refractivity contribution in [1.29, 1.82) is 0 Å². The second kappa shape index (κ2) is 3.20. The molecule has 0 N–H and O–H groups in total. The van der Waals surface area contributed by atoms with Crippen LogP contribution in [0.15, 0.2) is 28.6 Å². The Bertz CT molecular complexity index is 201. The van der Waals surface area contributed by atoms with Gasteiger partial charge in [0.1, 0.15) is 0 Å². The first kappa shape index (κ1) is 7.06. The van der Waals surface area contributed by atoms with Crippen molar-refractivity contribution >= 4 is 6.21 Å². The van der Waals surface area contributed by atoms with E-state index in [0.717, 1.165) is 12.0 Å². The van der Waals surface area contributed by atoms with Crippen molar-refractivity contribution in [1.82, 2.24) is 0 Å². The lowest BCUT2D eigenvalue weighted by molar-refractivity contribution is 0.285. The highest BCUT2D eigenvalue weighted by Crippen LogP contribution is 2.10. The maximum Gasteiger partial charge on any atom is 0.215 e. The molecule has 0 saturated heterocycles. The first-order valence-corrected chi connectivity index (χ1v) is 3.28. The van der Waals surface area contributed by atoms with Crippen molar-refractivity contribution in [2.45, 2.75) is 13.3 Å². The number of aliphatic imine (C=N–C) groups is 1. The lowest BCUT2D eigenvalue weighted by Crippen LogP contribution is -1.84. The largest absolute Gasteiger partial charge is 0.481 e. The summed E-state index contributed by atoms with van der Waals surface area (Å²) >= 11 is 0. The summed E-state index contributed by atoms with van der Waals surface area (Å²) in [6.45, 7) is 1.98. The summed E-state index contributed by atoms with van der Waals surface area (Å²) in [5.41, 5.74) is 1.08. The van der Waals surface area contributed by atoms with Crippen LogP contribution in [-0.4, -0.2) is 13.3 Å². The SMILES string of the molecule is COC1=C(C)C=CCC=N1. The number of methoxy groups -OCH3 is 1. The molecule has 2 heteroatoms. The number of ether oxygens (including phenoxy) is 1. The van der Waals surface area contributed by atoms with E-state index in [-0.39, 0.29) is 0 Å². The Balaban J connectivity index is 2.88. The van der Waals surface area contributed by atoms with Crippen LogP contribution in [0.4, 0.5) is 0 Å². The Hall–Kier alpha value is -1.05. The van der Waals surface area contributed by atoms with Crippen LogP contribution < -0.4 is 0 Å². The molecule has 0 aromatic heterocycles. The summed E-state index contributed by atoms with van der Waals surface area (Å²) in [6.07, 6.45) is 6.81. The molecule has 0 spiro atoms. The Morgan fingerprint density at radius 3 is 3.10 bits per heavy atom. The smallest absolute Gasteiger partial charge is 0.215 e. The van der Waals surface area contributed by atoms with Crippen molar-refractivity contribution in [2.24, 2.45) is 4.99 Å². The second-order valence-electron chi connectivity index (χ2n) is 2.14. The van der Waals surface area contributed by atoms with E-state index >= 15 is 0 Å². The van der Waals surface area contributed by atoms with Crippen LogP contribution in [0.25, 0.3) is 0 Å². The minimum Gasteiger partial charge on any atom is -0.481 e. The van der Waals surface area contributed by atoms with E-state index in [4.69, 9.17) is 4.74 Å². The molecule has 10 heavy (non-hydrogen) atoms. The number of rotatable bonds is 1. The molecule has 1 aliphatic heterocycles. The van der Waals surface area contributed by atoms with E-state index in [0.29, 0.717) is 5.88 Å². The van der Waals surface area contributed by atoms with Gasteiger partial charge in [0.15, 0.2) is 0 Å². The number of hydrogen-bond acceptors (Lipinski definition) is 2. The van der Waals surface area contributed by atoms with E-state index in [9.17, 15) is 0 Å². The Morgan fingerprint density at radius 2 is 2.40 bits per heavy atom. The van der Waals surface area contributed by atoms with Crippen LogP contribution in [0.1, 0.15) is 13.3 Å². The van der Waals surface area contributed by atoms with E-state index in [2.05, 4.69) is 11.1 Å². The van der Waals surface area contributed by atoms with Gasteiger partial charge in [0.25, 0.3) is 0 Å². The van der Waals surface area contributed by atoms with E-state index in [1.165, 1.54) is 0 Å². The van der Waals surface area contributed by atoms with E-state index < -0.39 is 0 Å². The van der Waals surface area contributed by atoms with Crippen LogP contribution in [-0.2, 0) is 4.74 Å². The molecule has 0 amide bonds. The van der Waals surface area contributed by atoms with Crippen LogP contribution in [0.5, 0.6) is 0 Å². The maximum atomic E-state index is 5.01. The van der Waals surface area contributed by atoms with E-state index in [1.54, 1.807) is 7.11 Å². The fraction of sp³-hybridized carbons (Fsp3) is 0.375. The van der Waals surface area contributed by atoms with Gasteiger partial charge in [-0.3, -0.25) is 0 Å². The molecule has 0 aliphatic carbocycles. The molecular weight excluding hydrogens is 126 g/mol. The van der Waals surface area contributed by atoms with Gasteiger partial charge in [-0.25, -0.2) is 4.99 Å². The van der Waals surface area contributed by atoms with Gasteiger partial charge in [0.05, 0.1) is 7.11 Å². The van der Waals surface area contributed by atoms with Crippen LogP contribution in [0, 0.1) is 0 Å². The highest BCUT2D eigenvalue weighted by Gasteiger charge is 1.97. The zero-order chi connectivity index (χ0) is 7.40. The Kier molecular flexibility index (Phi) is 2.26. The van der Waals surface area contributed by atoms with Gasteiger partial charge < -0.3 is 4.74 Å². The van der Waals surface area contributed by atoms with Crippen LogP contribution >= 0.6 is 0 Å². The molecule has 0 radical (unpaired) electrons. The monoisotopic (exact) mass is 137 g/mol. The van der Waals surface area contributed by atoms with Crippen LogP contribution in [0.2, 0.25) is 0 Å². The van der Waals surface area contributed by atoms with Crippen molar-refractivity contribution < 1.29 is 4.74 Å². The van der Waals surface area contributed by atoms with Crippen molar-refractivity contribution in [3.8, 4) is 0 Å². The molecule has 2 nitrogen and oxygen atoms in total. The lowest BCUT2D eigenvalue weighted by atomic mass is 10.3. The normalized spacial score (nSPS) is 17.4. The summed E-state index contributed by atoms with van der Waals surface area (Å²) in [5, 5.41) is 0. The fourth-order valence-electron chi connectivity index (χ4n) is 0.828. The molecule has 1 aliphatic rings. The third kappa shape index (κ3) is 1.47. The number of allylic oxidation sites excluding steroid dienone is 3. The summed E-state index contributed by atoms with van der Waals surface area (Å²) in [6, 6.07) is 0. The molecule has 1 heterocycles. The van der Waals surface area contributed by atoms with Gasteiger partial charge in [-0.15, -0.1) is 0 Å². The minimum absolute atomic E-state index is 0.716. The zero-order valence-corrected chi connectivity index (χ0v) is 6.29. The highest BCUT2D eigenvalue weighted by molar-refractivity contribution is 5.62. The first-order chi connectivity index (χ1) is 4.84. The quantitative estimate of drug-likeness (QED) is 0.541.